The summed E-state index contributed by atoms with van der Waals surface area (Å²) >= 11 is 0. The predicted molar refractivity (Wildman–Crippen MR) is 103 cm³/mol. The normalized spacial score (nSPS) is 13.6. The highest BCUT2D eigenvalue weighted by molar-refractivity contribution is 5.96. The molecule has 2 heterocycles. The largest absolute Gasteiger partial charge is 0.495 e. The summed E-state index contributed by atoms with van der Waals surface area (Å²) in [6.07, 6.45) is 4.35. The third-order valence-electron chi connectivity index (χ3n) is 4.70. The van der Waals surface area contributed by atoms with Gasteiger partial charge in [-0.25, -0.2) is 9.78 Å². The van der Waals surface area contributed by atoms with Crippen molar-refractivity contribution >= 4 is 17.1 Å². The highest BCUT2D eigenvalue weighted by atomic mass is 16.6. The second-order valence-corrected chi connectivity index (χ2v) is 7.78. The van der Waals surface area contributed by atoms with Gasteiger partial charge in [-0.2, -0.15) is 9.78 Å². The second-order valence-electron chi connectivity index (χ2n) is 7.78. The summed E-state index contributed by atoms with van der Waals surface area (Å²) < 4.78 is 12.1. The van der Waals surface area contributed by atoms with Gasteiger partial charge in [0.15, 0.2) is 0 Å². The summed E-state index contributed by atoms with van der Waals surface area (Å²) in [6.45, 7) is 5.50. The number of carbonyl (C=O) groups excluding carboxylic acids is 1. The summed E-state index contributed by atoms with van der Waals surface area (Å²) in [4.78, 5) is 17.3. The number of methoxy groups -OCH3 is 1. The Morgan fingerprint density at radius 1 is 1.22 bits per heavy atom. The number of pyridine rings is 1. The molecule has 2 aromatic heterocycles. The number of aryl methyl sites for hydroxylation is 1. The minimum absolute atomic E-state index is 0.527. The number of hydrogen-bond acceptors (Lipinski definition) is 5. The zero-order valence-corrected chi connectivity index (χ0v) is 16.1. The lowest BCUT2D eigenvalue weighted by molar-refractivity contribution is 0.0523. The van der Waals surface area contributed by atoms with Crippen LogP contribution in [0.3, 0.4) is 0 Å². The Balaban J connectivity index is 1.92. The maximum atomic E-state index is 12.8. The number of hydrogen-bond donors (Lipinski definition) is 0. The predicted octanol–water partition coefficient (Wildman–Crippen LogP) is 4.38. The van der Waals surface area contributed by atoms with Gasteiger partial charge in [-0.3, -0.25) is 0 Å². The molecule has 0 radical (unpaired) electrons. The van der Waals surface area contributed by atoms with Crippen molar-refractivity contribution in [2.45, 2.75) is 45.6 Å². The van der Waals surface area contributed by atoms with Crippen molar-refractivity contribution in [2.24, 2.45) is 0 Å². The van der Waals surface area contributed by atoms with Gasteiger partial charge in [-0.15, -0.1) is 0 Å². The highest BCUT2D eigenvalue weighted by Gasteiger charge is 2.26. The molecule has 0 amide bonds. The van der Waals surface area contributed by atoms with Crippen LogP contribution < -0.4 is 4.74 Å². The van der Waals surface area contributed by atoms with Crippen molar-refractivity contribution in [3.8, 4) is 17.0 Å². The van der Waals surface area contributed by atoms with Crippen LogP contribution in [0.2, 0.25) is 0 Å². The number of carbonyl (C=O) groups is 1. The maximum Gasteiger partial charge on any atom is 0.435 e. The van der Waals surface area contributed by atoms with Crippen LogP contribution in [0.1, 0.15) is 38.3 Å². The average molecular weight is 365 g/mol. The molecule has 140 valence electrons. The van der Waals surface area contributed by atoms with Crippen LogP contribution >= 0.6 is 0 Å². The SMILES string of the molecule is COc1cnc2c(-c3cccc4c3CCC4)nn(C(=O)OC(C)(C)C)c2c1. The minimum Gasteiger partial charge on any atom is -0.495 e. The van der Waals surface area contributed by atoms with Gasteiger partial charge in [0.25, 0.3) is 0 Å². The van der Waals surface area contributed by atoms with E-state index in [1.54, 1.807) is 19.4 Å². The molecule has 0 aliphatic heterocycles. The molecule has 3 aromatic rings. The zero-order chi connectivity index (χ0) is 19.2. The van der Waals surface area contributed by atoms with Gasteiger partial charge < -0.3 is 9.47 Å². The molecule has 0 atom stereocenters. The highest BCUT2D eigenvalue weighted by Crippen LogP contribution is 2.35. The van der Waals surface area contributed by atoms with Crippen LogP contribution in [0.25, 0.3) is 22.3 Å². The average Bonchev–Trinajstić information content (AvgIpc) is 3.24. The van der Waals surface area contributed by atoms with Crippen molar-refractivity contribution in [3.05, 3.63) is 41.6 Å². The van der Waals surface area contributed by atoms with Gasteiger partial charge in [-0.05, 0) is 51.2 Å². The van der Waals surface area contributed by atoms with E-state index in [0.29, 0.717) is 22.5 Å². The molecular weight excluding hydrogens is 342 g/mol. The lowest BCUT2D eigenvalue weighted by Gasteiger charge is -2.19. The maximum absolute atomic E-state index is 12.8. The molecule has 1 aromatic carbocycles. The Morgan fingerprint density at radius 3 is 2.78 bits per heavy atom. The van der Waals surface area contributed by atoms with E-state index in [0.717, 1.165) is 24.8 Å². The Kier molecular flexibility index (Phi) is 4.13. The fourth-order valence-corrected chi connectivity index (χ4v) is 3.56. The molecule has 6 heteroatoms. The van der Waals surface area contributed by atoms with Crippen molar-refractivity contribution in [1.82, 2.24) is 14.8 Å². The molecule has 0 fully saturated rings. The van der Waals surface area contributed by atoms with Crippen molar-refractivity contribution in [3.63, 3.8) is 0 Å². The summed E-state index contributed by atoms with van der Waals surface area (Å²) in [6, 6.07) is 8.03. The van der Waals surface area contributed by atoms with E-state index in [1.807, 2.05) is 26.8 Å². The van der Waals surface area contributed by atoms with Gasteiger partial charge in [-0.1, -0.05) is 18.2 Å². The second kappa shape index (κ2) is 6.37. The molecule has 6 nitrogen and oxygen atoms in total. The van der Waals surface area contributed by atoms with E-state index in [9.17, 15) is 4.79 Å². The molecule has 27 heavy (non-hydrogen) atoms. The fourth-order valence-electron chi connectivity index (χ4n) is 3.56. The van der Waals surface area contributed by atoms with E-state index in [-0.39, 0.29) is 0 Å². The topological polar surface area (TPSA) is 66.2 Å². The standard InChI is InChI=1S/C21H23N3O3/c1-21(2,3)27-20(25)24-17-11-14(26-4)12-22-19(17)18(23-24)16-10-6-8-13-7-5-9-15(13)16/h6,8,10-12H,5,7,9H2,1-4H3. The number of rotatable bonds is 2. The van der Waals surface area contributed by atoms with Gasteiger partial charge in [0.1, 0.15) is 28.1 Å². The Morgan fingerprint density at radius 2 is 2.04 bits per heavy atom. The molecule has 0 saturated heterocycles. The molecule has 0 unspecified atom stereocenters. The number of aromatic nitrogens is 3. The lowest BCUT2D eigenvalue weighted by Crippen LogP contribution is -2.27. The number of fused-ring (bicyclic) bond motifs is 2. The van der Waals surface area contributed by atoms with Crippen molar-refractivity contribution in [2.75, 3.05) is 7.11 Å². The summed E-state index contributed by atoms with van der Waals surface area (Å²) in [5, 5.41) is 4.62. The van der Waals surface area contributed by atoms with Crippen LogP contribution in [-0.2, 0) is 17.6 Å². The molecule has 0 spiro atoms. The molecule has 4 rings (SSSR count). The van der Waals surface area contributed by atoms with Crippen molar-refractivity contribution in [1.29, 1.82) is 0 Å². The van der Waals surface area contributed by atoms with Crippen LogP contribution in [0.5, 0.6) is 5.75 Å². The first kappa shape index (κ1) is 17.5. The fraction of sp³-hybridized carbons (Fsp3) is 0.381. The van der Waals surface area contributed by atoms with Gasteiger partial charge in [0.05, 0.1) is 13.3 Å². The van der Waals surface area contributed by atoms with Crippen LogP contribution in [0.4, 0.5) is 4.79 Å². The third-order valence-corrected chi connectivity index (χ3v) is 4.70. The summed E-state index contributed by atoms with van der Waals surface area (Å²) in [5.74, 6) is 0.567. The summed E-state index contributed by atoms with van der Waals surface area (Å²) in [5.41, 5.74) is 5.02. The lowest BCUT2D eigenvalue weighted by atomic mass is 10.0. The van der Waals surface area contributed by atoms with Gasteiger partial charge >= 0.3 is 6.09 Å². The van der Waals surface area contributed by atoms with E-state index in [2.05, 4.69) is 22.2 Å². The molecule has 1 aliphatic carbocycles. The smallest absolute Gasteiger partial charge is 0.435 e. The first-order valence-corrected chi connectivity index (χ1v) is 9.14. The Hall–Kier alpha value is -2.89. The van der Waals surface area contributed by atoms with E-state index in [1.165, 1.54) is 15.8 Å². The van der Waals surface area contributed by atoms with Crippen LogP contribution in [0, 0.1) is 0 Å². The summed E-state index contributed by atoms with van der Waals surface area (Å²) in [7, 11) is 1.57. The number of ether oxygens (including phenoxy) is 2. The molecule has 0 saturated carbocycles. The molecule has 1 aliphatic rings. The molecular formula is C21H23N3O3. The Labute approximate surface area is 158 Å². The minimum atomic E-state index is -0.615. The Bertz CT molecular complexity index is 1030. The first-order chi connectivity index (χ1) is 12.9. The number of nitrogens with zero attached hydrogens (tertiary/aromatic N) is 3. The van der Waals surface area contributed by atoms with Gasteiger partial charge in [0, 0.05) is 11.6 Å². The number of benzene rings is 1. The van der Waals surface area contributed by atoms with Crippen molar-refractivity contribution < 1.29 is 14.3 Å². The van der Waals surface area contributed by atoms with Gasteiger partial charge in [0.2, 0.25) is 0 Å². The zero-order valence-electron chi connectivity index (χ0n) is 16.1. The quantitative estimate of drug-likeness (QED) is 0.674. The monoisotopic (exact) mass is 365 g/mol. The van der Waals surface area contributed by atoms with Crippen LogP contribution in [-0.4, -0.2) is 33.6 Å². The third kappa shape index (κ3) is 3.16. The van der Waals surface area contributed by atoms with E-state index >= 15 is 0 Å². The first-order valence-electron chi connectivity index (χ1n) is 9.14. The molecule has 0 N–H and O–H groups in total. The van der Waals surface area contributed by atoms with Crippen LogP contribution in [0.15, 0.2) is 30.5 Å². The van der Waals surface area contributed by atoms with E-state index < -0.39 is 11.7 Å². The molecule has 0 bridgehead atoms. The van der Waals surface area contributed by atoms with E-state index in [4.69, 9.17) is 9.47 Å².